The molecule has 166 valence electrons. The molecule has 1 saturated heterocycles. The van der Waals surface area contributed by atoms with Crippen molar-refractivity contribution in [2.45, 2.75) is 32.9 Å². The number of aliphatic imine (C=N–C) groups is 1. The maximum atomic E-state index is 5.75. The first kappa shape index (κ1) is 24.6. The number of rotatable bonds is 11. The van der Waals surface area contributed by atoms with E-state index in [0.717, 1.165) is 70.4 Å². The van der Waals surface area contributed by atoms with Crippen LogP contribution in [0.25, 0.3) is 0 Å². The molecular weight excluding hydrogens is 493 g/mol. The molecule has 0 aliphatic carbocycles. The Bertz CT molecular complexity index is 732. The largest absolute Gasteiger partial charge is 0.381 e. The Kier molecular flexibility index (Phi) is 11.8. The fraction of sp³-hybridized carbons (Fsp3) is 0.545. The summed E-state index contributed by atoms with van der Waals surface area (Å²) in [6.45, 7) is 8.40. The summed E-state index contributed by atoms with van der Waals surface area (Å²) in [5.41, 5.74) is 2.34. The Morgan fingerprint density at radius 3 is 2.90 bits per heavy atom. The summed E-state index contributed by atoms with van der Waals surface area (Å²) in [6, 6.07) is 10.3. The topological polar surface area (TPSA) is 72.7 Å². The van der Waals surface area contributed by atoms with Gasteiger partial charge in [-0.15, -0.1) is 24.0 Å². The zero-order valence-corrected chi connectivity index (χ0v) is 20.1. The van der Waals surface area contributed by atoms with Gasteiger partial charge in [-0.2, -0.15) is 5.10 Å². The second-order valence-corrected chi connectivity index (χ2v) is 7.31. The highest BCUT2D eigenvalue weighted by atomic mass is 127. The van der Waals surface area contributed by atoms with Crippen LogP contribution in [0.3, 0.4) is 0 Å². The summed E-state index contributed by atoms with van der Waals surface area (Å²) in [5.74, 6) is 1.40. The first-order valence-electron chi connectivity index (χ1n) is 10.6. The van der Waals surface area contributed by atoms with Gasteiger partial charge in [0.2, 0.25) is 0 Å². The van der Waals surface area contributed by atoms with Crippen molar-refractivity contribution < 1.29 is 9.47 Å². The van der Waals surface area contributed by atoms with Crippen LogP contribution in [0.15, 0.2) is 47.7 Å². The minimum absolute atomic E-state index is 0. The molecule has 0 saturated carbocycles. The number of guanidine groups is 1. The number of benzene rings is 1. The molecule has 2 heterocycles. The summed E-state index contributed by atoms with van der Waals surface area (Å²) in [7, 11) is 0. The monoisotopic (exact) mass is 527 g/mol. The van der Waals surface area contributed by atoms with Gasteiger partial charge in [-0.1, -0.05) is 30.3 Å². The normalized spacial score (nSPS) is 16.3. The van der Waals surface area contributed by atoms with E-state index < -0.39 is 0 Å². The Balaban J connectivity index is 0.00000320. The Morgan fingerprint density at radius 1 is 1.27 bits per heavy atom. The number of ether oxygens (including phenoxy) is 2. The summed E-state index contributed by atoms with van der Waals surface area (Å²) < 4.78 is 13.1. The van der Waals surface area contributed by atoms with Gasteiger partial charge < -0.3 is 20.1 Å². The molecule has 0 amide bonds. The van der Waals surface area contributed by atoms with Crippen molar-refractivity contribution in [2.24, 2.45) is 10.9 Å². The first-order valence-corrected chi connectivity index (χ1v) is 10.6. The van der Waals surface area contributed by atoms with E-state index >= 15 is 0 Å². The van der Waals surface area contributed by atoms with Crippen LogP contribution in [0.5, 0.6) is 0 Å². The van der Waals surface area contributed by atoms with E-state index in [2.05, 4.69) is 46.0 Å². The fourth-order valence-electron chi connectivity index (χ4n) is 3.20. The quantitative estimate of drug-likeness (QED) is 0.204. The van der Waals surface area contributed by atoms with E-state index in [9.17, 15) is 0 Å². The van der Waals surface area contributed by atoms with Gasteiger partial charge in [-0.25, -0.2) is 4.99 Å². The van der Waals surface area contributed by atoms with Crippen molar-refractivity contribution in [1.29, 1.82) is 0 Å². The predicted octanol–water partition coefficient (Wildman–Crippen LogP) is 3.05. The van der Waals surface area contributed by atoms with E-state index in [0.29, 0.717) is 12.5 Å². The van der Waals surface area contributed by atoms with Gasteiger partial charge in [-0.05, 0) is 25.3 Å². The fourth-order valence-corrected chi connectivity index (χ4v) is 3.20. The van der Waals surface area contributed by atoms with Crippen LogP contribution < -0.4 is 10.6 Å². The van der Waals surface area contributed by atoms with Gasteiger partial charge in [0, 0.05) is 44.0 Å². The summed E-state index contributed by atoms with van der Waals surface area (Å²) >= 11 is 0. The van der Waals surface area contributed by atoms with E-state index in [1.54, 1.807) is 0 Å². The van der Waals surface area contributed by atoms with Crippen LogP contribution in [-0.2, 0) is 22.6 Å². The molecule has 2 aromatic rings. The number of hydrogen-bond donors (Lipinski definition) is 2. The molecule has 8 heteroatoms. The molecule has 0 spiro atoms. The lowest BCUT2D eigenvalue weighted by Gasteiger charge is -2.12. The van der Waals surface area contributed by atoms with Crippen LogP contribution >= 0.6 is 24.0 Å². The van der Waals surface area contributed by atoms with Crippen LogP contribution in [0.2, 0.25) is 0 Å². The maximum absolute atomic E-state index is 5.75. The van der Waals surface area contributed by atoms with Crippen molar-refractivity contribution in [1.82, 2.24) is 20.4 Å². The van der Waals surface area contributed by atoms with E-state index in [4.69, 9.17) is 9.47 Å². The van der Waals surface area contributed by atoms with Gasteiger partial charge in [0.25, 0.3) is 0 Å². The standard InChI is InChI=1S/C22H33N5O2.HI/c1-2-23-22(24-10-6-11-28-17-20-9-12-29-18-20)25-13-21-14-26-27(16-21)15-19-7-4-3-5-8-19;/h3-5,7-8,14,16,20H,2,6,9-13,15,17-18H2,1H3,(H2,23,24,25);1H. The minimum Gasteiger partial charge on any atom is -0.381 e. The SMILES string of the molecule is CCNC(=NCc1cnn(Cc2ccccc2)c1)NCCCOCC1CCOC1.I. The molecule has 1 fully saturated rings. The van der Waals surface area contributed by atoms with Crippen molar-refractivity contribution in [2.75, 3.05) is 39.5 Å². The Morgan fingerprint density at radius 2 is 2.13 bits per heavy atom. The summed E-state index contributed by atoms with van der Waals surface area (Å²) in [5, 5.41) is 11.1. The van der Waals surface area contributed by atoms with Crippen molar-refractivity contribution >= 4 is 29.9 Å². The predicted molar refractivity (Wildman–Crippen MR) is 130 cm³/mol. The second kappa shape index (κ2) is 14.4. The number of hydrogen-bond acceptors (Lipinski definition) is 4. The smallest absolute Gasteiger partial charge is 0.191 e. The highest BCUT2D eigenvalue weighted by Gasteiger charge is 2.15. The maximum Gasteiger partial charge on any atom is 0.191 e. The number of aromatic nitrogens is 2. The molecule has 30 heavy (non-hydrogen) atoms. The molecule has 3 rings (SSSR count). The number of nitrogens with one attached hydrogen (secondary N) is 2. The molecule has 1 atom stereocenters. The third-order valence-corrected chi connectivity index (χ3v) is 4.77. The minimum atomic E-state index is 0. The van der Waals surface area contributed by atoms with Crippen LogP contribution in [0.4, 0.5) is 0 Å². The van der Waals surface area contributed by atoms with Crippen LogP contribution in [-0.4, -0.2) is 55.3 Å². The summed E-state index contributed by atoms with van der Waals surface area (Å²) in [4.78, 5) is 4.67. The first-order chi connectivity index (χ1) is 14.3. The molecule has 2 N–H and O–H groups in total. The van der Waals surface area contributed by atoms with Gasteiger partial charge in [0.05, 0.1) is 32.5 Å². The van der Waals surface area contributed by atoms with Crippen LogP contribution in [0.1, 0.15) is 30.9 Å². The van der Waals surface area contributed by atoms with Crippen molar-refractivity contribution in [3.05, 3.63) is 53.9 Å². The third-order valence-electron chi connectivity index (χ3n) is 4.77. The Hall–Kier alpha value is -1.65. The molecule has 1 aromatic heterocycles. The molecule has 0 bridgehead atoms. The van der Waals surface area contributed by atoms with Gasteiger partial charge in [0.15, 0.2) is 5.96 Å². The Labute approximate surface area is 196 Å². The third kappa shape index (κ3) is 9.01. The average molecular weight is 527 g/mol. The second-order valence-electron chi connectivity index (χ2n) is 7.31. The molecule has 1 unspecified atom stereocenters. The summed E-state index contributed by atoms with van der Waals surface area (Å²) in [6.07, 6.45) is 6.02. The zero-order chi connectivity index (χ0) is 20.2. The van der Waals surface area contributed by atoms with Gasteiger partial charge >= 0.3 is 0 Å². The van der Waals surface area contributed by atoms with E-state index in [-0.39, 0.29) is 24.0 Å². The molecule has 1 aliphatic rings. The highest BCUT2D eigenvalue weighted by molar-refractivity contribution is 14.0. The lowest BCUT2D eigenvalue weighted by atomic mass is 10.1. The average Bonchev–Trinajstić information content (AvgIpc) is 3.41. The van der Waals surface area contributed by atoms with Gasteiger partial charge in [-0.3, -0.25) is 4.68 Å². The van der Waals surface area contributed by atoms with Crippen LogP contribution in [0, 0.1) is 5.92 Å². The van der Waals surface area contributed by atoms with E-state index in [1.165, 1.54) is 5.56 Å². The number of halogens is 1. The van der Waals surface area contributed by atoms with Gasteiger partial charge in [0.1, 0.15) is 0 Å². The molecule has 0 radical (unpaired) electrons. The van der Waals surface area contributed by atoms with Crippen molar-refractivity contribution in [3.63, 3.8) is 0 Å². The molecule has 7 nitrogen and oxygen atoms in total. The van der Waals surface area contributed by atoms with E-state index in [1.807, 2.05) is 29.1 Å². The molecule has 1 aliphatic heterocycles. The molecule has 1 aromatic carbocycles. The molecular formula is C22H34IN5O2. The van der Waals surface area contributed by atoms with Crippen molar-refractivity contribution in [3.8, 4) is 0 Å². The zero-order valence-electron chi connectivity index (χ0n) is 17.8. The lowest BCUT2D eigenvalue weighted by molar-refractivity contribution is 0.0888. The highest BCUT2D eigenvalue weighted by Crippen LogP contribution is 2.12. The lowest BCUT2D eigenvalue weighted by Crippen LogP contribution is -2.38. The number of nitrogens with zero attached hydrogens (tertiary/aromatic N) is 3.